The van der Waals surface area contributed by atoms with Gasteiger partial charge in [-0.1, -0.05) is 38.5 Å². The van der Waals surface area contributed by atoms with Crippen molar-refractivity contribution in [1.82, 2.24) is 0 Å². The van der Waals surface area contributed by atoms with Crippen LogP contribution in [0.5, 0.6) is 0 Å². The highest BCUT2D eigenvalue weighted by Gasteiger charge is 1.95. The Morgan fingerprint density at radius 2 is 1.31 bits per heavy atom. The monoisotopic (exact) mass is 233 g/mol. The van der Waals surface area contributed by atoms with Gasteiger partial charge in [0, 0.05) is 13.7 Å². The van der Waals surface area contributed by atoms with Gasteiger partial charge in [0.25, 0.3) is 5.09 Å². The molecule has 0 atom stereocenters. The van der Waals surface area contributed by atoms with Gasteiger partial charge in [-0.3, -0.25) is 0 Å². The van der Waals surface area contributed by atoms with Gasteiger partial charge in [-0.2, -0.15) is 0 Å². The van der Waals surface area contributed by atoms with E-state index in [1.807, 2.05) is 0 Å². The van der Waals surface area contributed by atoms with Crippen LogP contribution >= 0.6 is 0 Å². The molecule has 0 aliphatic heterocycles. The molecule has 96 valence electrons. The molecular formula is C11H23NO4. The Morgan fingerprint density at radius 1 is 0.875 bits per heavy atom. The largest absolute Gasteiger partial charge is 0.385 e. The fourth-order valence-electron chi connectivity index (χ4n) is 1.55. The molecule has 0 spiro atoms. The smallest absolute Gasteiger partial charge is 0.294 e. The molecule has 0 aliphatic carbocycles. The Labute approximate surface area is 97.2 Å². The highest BCUT2D eigenvalue weighted by molar-refractivity contribution is 4.46. The van der Waals surface area contributed by atoms with Gasteiger partial charge in [-0.05, 0) is 12.8 Å². The van der Waals surface area contributed by atoms with Crippen LogP contribution < -0.4 is 0 Å². The van der Waals surface area contributed by atoms with Crippen molar-refractivity contribution in [3.63, 3.8) is 0 Å². The van der Waals surface area contributed by atoms with Gasteiger partial charge in [0.15, 0.2) is 0 Å². The lowest BCUT2D eigenvalue weighted by atomic mass is 10.1. The van der Waals surface area contributed by atoms with Crippen LogP contribution in [0.2, 0.25) is 0 Å². The van der Waals surface area contributed by atoms with Crippen LogP contribution in [0, 0.1) is 10.1 Å². The molecule has 16 heavy (non-hydrogen) atoms. The van der Waals surface area contributed by atoms with Crippen molar-refractivity contribution in [2.75, 3.05) is 20.3 Å². The zero-order valence-electron chi connectivity index (χ0n) is 10.2. The molecule has 0 N–H and O–H groups in total. The second-order valence-electron chi connectivity index (χ2n) is 3.88. The van der Waals surface area contributed by atoms with Gasteiger partial charge in [0.05, 0.1) is 6.61 Å². The van der Waals surface area contributed by atoms with E-state index < -0.39 is 5.09 Å². The molecule has 0 fully saturated rings. The molecule has 0 radical (unpaired) electrons. The first-order valence-electron chi connectivity index (χ1n) is 6.03. The summed E-state index contributed by atoms with van der Waals surface area (Å²) in [5, 5.41) is 9.11. The predicted molar refractivity (Wildman–Crippen MR) is 61.8 cm³/mol. The summed E-state index contributed by atoms with van der Waals surface area (Å²) in [5.41, 5.74) is 0. The van der Waals surface area contributed by atoms with Gasteiger partial charge in [-0.25, -0.2) is 0 Å². The van der Waals surface area contributed by atoms with Crippen LogP contribution in [0.4, 0.5) is 0 Å². The number of nitrogens with zero attached hydrogens (tertiary/aromatic N) is 1. The summed E-state index contributed by atoms with van der Waals surface area (Å²) in [6, 6.07) is 0. The molecule has 0 aliphatic rings. The van der Waals surface area contributed by atoms with Gasteiger partial charge < -0.3 is 9.57 Å². The van der Waals surface area contributed by atoms with E-state index in [1.165, 1.54) is 25.7 Å². The first-order valence-corrected chi connectivity index (χ1v) is 6.03. The standard InChI is InChI=1S/C11H23NO4/c1-15-10-8-6-4-2-3-5-7-9-11-16-12(13)14/h2-11H2,1H3. The third-order valence-corrected chi connectivity index (χ3v) is 2.44. The van der Waals surface area contributed by atoms with E-state index in [0.717, 1.165) is 32.3 Å². The van der Waals surface area contributed by atoms with Crippen LogP contribution in [0.25, 0.3) is 0 Å². The Kier molecular flexibility index (Phi) is 11.6. The van der Waals surface area contributed by atoms with Gasteiger partial charge in [-0.15, -0.1) is 10.1 Å². The van der Waals surface area contributed by atoms with Crippen molar-refractivity contribution in [1.29, 1.82) is 0 Å². The van der Waals surface area contributed by atoms with E-state index in [1.54, 1.807) is 7.11 Å². The second kappa shape index (κ2) is 12.2. The van der Waals surface area contributed by atoms with Crippen molar-refractivity contribution in [3.8, 4) is 0 Å². The Bertz CT molecular complexity index is 164. The van der Waals surface area contributed by atoms with Crippen LogP contribution in [0.1, 0.15) is 51.4 Å². The summed E-state index contributed by atoms with van der Waals surface area (Å²) in [5.74, 6) is 0. The molecule has 0 heterocycles. The van der Waals surface area contributed by atoms with Gasteiger partial charge >= 0.3 is 0 Å². The summed E-state index contributed by atoms with van der Waals surface area (Å²) >= 11 is 0. The molecule has 0 saturated carbocycles. The van der Waals surface area contributed by atoms with Crippen molar-refractivity contribution in [3.05, 3.63) is 10.1 Å². The lowest BCUT2D eigenvalue weighted by Gasteiger charge is -2.02. The van der Waals surface area contributed by atoms with Crippen molar-refractivity contribution < 1.29 is 14.7 Å². The maximum atomic E-state index is 9.83. The van der Waals surface area contributed by atoms with Crippen LogP contribution in [0.3, 0.4) is 0 Å². The summed E-state index contributed by atoms with van der Waals surface area (Å²) in [7, 11) is 1.73. The van der Waals surface area contributed by atoms with E-state index in [0.29, 0.717) is 0 Å². The number of ether oxygens (including phenoxy) is 1. The molecule has 5 nitrogen and oxygen atoms in total. The Hall–Kier alpha value is -0.840. The van der Waals surface area contributed by atoms with Gasteiger partial charge in [0.1, 0.15) is 0 Å². The minimum Gasteiger partial charge on any atom is -0.385 e. The first-order chi connectivity index (χ1) is 7.77. The fourth-order valence-corrected chi connectivity index (χ4v) is 1.55. The summed E-state index contributed by atoms with van der Waals surface area (Å²) in [6.07, 6.45) is 9.05. The average Bonchev–Trinajstić information content (AvgIpc) is 2.25. The van der Waals surface area contributed by atoms with Crippen LogP contribution in [-0.4, -0.2) is 25.4 Å². The van der Waals surface area contributed by atoms with Gasteiger partial charge in [0.2, 0.25) is 0 Å². The quantitative estimate of drug-likeness (QED) is 0.295. The zero-order valence-corrected chi connectivity index (χ0v) is 10.2. The third-order valence-electron chi connectivity index (χ3n) is 2.44. The highest BCUT2D eigenvalue weighted by Crippen LogP contribution is 2.08. The van der Waals surface area contributed by atoms with Crippen LogP contribution in [0.15, 0.2) is 0 Å². The van der Waals surface area contributed by atoms with Crippen molar-refractivity contribution >= 4 is 0 Å². The maximum absolute atomic E-state index is 9.83. The van der Waals surface area contributed by atoms with E-state index in [2.05, 4.69) is 4.84 Å². The molecule has 0 unspecified atom stereocenters. The molecule has 0 bridgehead atoms. The van der Waals surface area contributed by atoms with E-state index >= 15 is 0 Å². The lowest BCUT2D eigenvalue weighted by molar-refractivity contribution is -0.757. The third kappa shape index (κ3) is 13.2. The number of methoxy groups -OCH3 is 1. The van der Waals surface area contributed by atoms with E-state index in [-0.39, 0.29) is 6.61 Å². The van der Waals surface area contributed by atoms with E-state index in [4.69, 9.17) is 4.74 Å². The van der Waals surface area contributed by atoms with Crippen molar-refractivity contribution in [2.24, 2.45) is 0 Å². The van der Waals surface area contributed by atoms with Crippen LogP contribution in [-0.2, 0) is 9.57 Å². The topological polar surface area (TPSA) is 61.6 Å². The molecule has 0 rings (SSSR count). The molecule has 5 heteroatoms. The molecule has 0 saturated heterocycles. The number of hydrogen-bond acceptors (Lipinski definition) is 4. The Balaban J connectivity index is 2.90. The fraction of sp³-hybridized carbons (Fsp3) is 1.00. The number of unbranched alkanes of at least 4 members (excludes halogenated alkanes) is 7. The Morgan fingerprint density at radius 3 is 1.75 bits per heavy atom. The predicted octanol–water partition coefficient (Wildman–Crippen LogP) is 2.96. The normalized spacial score (nSPS) is 10.3. The molecule has 0 amide bonds. The molecule has 0 aromatic carbocycles. The summed E-state index contributed by atoms with van der Waals surface area (Å²) in [4.78, 5) is 14.1. The summed E-state index contributed by atoms with van der Waals surface area (Å²) in [6.45, 7) is 1.10. The minimum atomic E-state index is -0.726. The second-order valence-corrected chi connectivity index (χ2v) is 3.88. The molecular weight excluding hydrogens is 210 g/mol. The number of rotatable bonds is 12. The molecule has 0 aromatic heterocycles. The maximum Gasteiger partial charge on any atom is 0.294 e. The highest BCUT2D eigenvalue weighted by atomic mass is 16.9. The zero-order chi connectivity index (χ0) is 12.1. The molecule has 0 aromatic rings. The van der Waals surface area contributed by atoms with E-state index in [9.17, 15) is 10.1 Å². The lowest BCUT2D eigenvalue weighted by Crippen LogP contribution is -2.01. The average molecular weight is 233 g/mol. The first kappa shape index (κ1) is 15.2. The number of hydrogen-bond donors (Lipinski definition) is 0. The SMILES string of the molecule is COCCCCCCCCCCO[N+](=O)[O-]. The summed E-state index contributed by atoms with van der Waals surface area (Å²) < 4.78 is 4.96. The minimum absolute atomic E-state index is 0.237. The van der Waals surface area contributed by atoms with Crippen molar-refractivity contribution in [2.45, 2.75) is 51.4 Å².